The molecule has 2 unspecified atom stereocenters. The quantitative estimate of drug-likeness (QED) is 0.866. The Bertz CT molecular complexity index is 427. The molecule has 1 fully saturated rings. The lowest BCUT2D eigenvalue weighted by Crippen LogP contribution is -2.37. The monoisotopic (exact) mass is 266 g/mol. The molecule has 0 saturated carbocycles. The Morgan fingerprint density at radius 1 is 1.53 bits per heavy atom. The summed E-state index contributed by atoms with van der Waals surface area (Å²) in [7, 11) is 5.55. The third kappa shape index (κ3) is 3.13. The first-order valence-electron chi connectivity index (χ1n) is 6.54. The van der Waals surface area contributed by atoms with Crippen LogP contribution < -0.4 is 10.2 Å². The molecule has 0 aliphatic carbocycles. The number of likely N-dealkylation sites (N-methyl/N-ethyl adjacent to an activating group) is 1. The van der Waals surface area contributed by atoms with Crippen molar-refractivity contribution in [1.82, 2.24) is 9.97 Å². The number of rotatable bonds is 5. The Balaban J connectivity index is 2.24. The molecule has 1 aromatic rings. The van der Waals surface area contributed by atoms with Crippen LogP contribution in [0.2, 0.25) is 0 Å². The van der Waals surface area contributed by atoms with Crippen molar-refractivity contribution < 1.29 is 9.47 Å². The molecule has 2 atom stereocenters. The van der Waals surface area contributed by atoms with E-state index in [1.54, 1.807) is 7.11 Å². The molecule has 1 aromatic heterocycles. The predicted octanol–water partition coefficient (Wildman–Crippen LogP) is 1.28. The summed E-state index contributed by atoms with van der Waals surface area (Å²) in [6.45, 7) is 3.32. The molecule has 106 valence electrons. The fraction of sp³-hybridized carbons (Fsp3) is 0.692. The third-order valence-corrected chi connectivity index (χ3v) is 3.48. The second-order valence-electron chi connectivity index (χ2n) is 4.75. The summed E-state index contributed by atoms with van der Waals surface area (Å²) >= 11 is 0. The van der Waals surface area contributed by atoms with E-state index in [0.29, 0.717) is 18.5 Å². The van der Waals surface area contributed by atoms with Crippen LogP contribution in [-0.4, -0.2) is 49.9 Å². The molecular weight excluding hydrogens is 244 g/mol. The molecule has 6 nitrogen and oxygen atoms in total. The van der Waals surface area contributed by atoms with Crippen molar-refractivity contribution in [3.63, 3.8) is 0 Å². The van der Waals surface area contributed by atoms with Gasteiger partial charge in [0.15, 0.2) is 5.82 Å². The minimum atomic E-state index is 0.226. The Kier molecular flexibility index (Phi) is 4.55. The third-order valence-electron chi connectivity index (χ3n) is 3.48. The molecular formula is C13H22N4O2. The van der Waals surface area contributed by atoms with Gasteiger partial charge >= 0.3 is 0 Å². The number of hydrogen-bond acceptors (Lipinski definition) is 6. The smallest absolute Gasteiger partial charge is 0.158 e. The van der Waals surface area contributed by atoms with E-state index >= 15 is 0 Å². The van der Waals surface area contributed by atoms with Gasteiger partial charge in [0, 0.05) is 33.9 Å². The maximum atomic E-state index is 5.62. The van der Waals surface area contributed by atoms with Gasteiger partial charge in [0.25, 0.3) is 0 Å². The Labute approximate surface area is 114 Å². The molecule has 0 aromatic carbocycles. The summed E-state index contributed by atoms with van der Waals surface area (Å²) in [6, 6.07) is 2.31. The van der Waals surface area contributed by atoms with Crippen LogP contribution in [-0.2, 0) is 16.1 Å². The zero-order valence-electron chi connectivity index (χ0n) is 12.0. The molecule has 19 heavy (non-hydrogen) atoms. The normalized spacial score (nSPS) is 22.5. The molecule has 2 rings (SSSR count). The van der Waals surface area contributed by atoms with Crippen LogP contribution in [0.15, 0.2) is 6.07 Å². The maximum Gasteiger partial charge on any atom is 0.158 e. The summed E-state index contributed by atoms with van der Waals surface area (Å²) < 4.78 is 10.7. The summed E-state index contributed by atoms with van der Waals surface area (Å²) in [5.74, 6) is 2.38. The van der Waals surface area contributed by atoms with Crippen LogP contribution in [0.25, 0.3) is 0 Å². The largest absolute Gasteiger partial charge is 0.377 e. The SMILES string of the molecule is CNc1cc(N(C)C2CCOC2C)nc(COC)n1. The van der Waals surface area contributed by atoms with E-state index in [1.807, 2.05) is 20.2 Å². The van der Waals surface area contributed by atoms with Crippen molar-refractivity contribution in [3.8, 4) is 0 Å². The number of nitrogens with one attached hydrogen (secondary N) is 1. The van der Waals surface area contributed by atoms with Crippen molar-refractivity contribution in [2.24, 2.45) is 0 Å². The second kappa shape index (κ2) is 6.16. The molecule has 2 heterocycles. The predicted molar refractivity (Wildman–Crippen MR) is 74.5 cm³/mol. The molecule has 0 spiro atoms. The zero-order valence-corrected chi connectivity index (χ0v) is 12.0. The van der Waals surface area contributed by atoms with Gasteiger partial charge in [-0.1, -0.05) is 0 Å². The lowest BCUT2D eigenvalue weighted by atomic mass is 10.1. The second-order valence-corrected chi connectivity index (χ2v) is 4.75. The minimum absolute atomic E-state index is 0.226. The molecule has 1 aliphatic heterocycles. The summed E-state index contributed by atoms with van der Waals surface area (Å²) in [5.41, 5.74) is 0. The van der Waals surface area contributed by atoms with E-state index in [4.69, 9.17) is 9.47 Å². The van der Waals surface area contributed by atoms with Crippen LogP contribution in [0, 0.1) is 0 Å². The van der Waals surface area contributed by atoms with E-state index in [2.05, 4.69) is 27.1 Å². The first kappa shape index (κ1) is 14.0. The molecule has 0 bridgehead atoms. The number of methoxy groups -OCH3 is 1. The van der Waals surface area contributed by atoms with Gasteiger partial charge in [0.1, 0.15) is 18.2 Å². The Hall–Kier alpha value is -1.40. The van der Waals surface area contributed by atoms with Gasteiger partial charge in [-0.25, -0.2) is 9.97 Å². The highest BCUT2D eigenvalue weighted by molar-refractivity contribution is 5.49. The molecule has 6 heteroatoms. The highest BCUT2D eigenvalue weighted by Crippen LogP contribution is 2.24. The molecule has 1 saturated heterocycles. The van der Waals surface area contributed by atoms with Crippen molar-refractivity contribution in [3.05, 3.63) is 11.9 Å². The molecule has 1 N–H and O–H groups in total. The van der Waals surface area contributed by atoms with Gasteiger partial charge in [0.05, 0.1) is 12.1 Å². The van der Waals surface area contributed by atoms with E-state index in [1.165, 1.54) is 0 Å². The van der Waals surface area contributed by atoms with Crippen LogP contribution in [0.1, 0.15) is 19.2 Å². The van der Waals surface area contributed by atoms with Crippen LogP contribution in [0.3, 0.4) is 0 Å². The van der Waals surface area contributed by atoms with Gasteiger partial charge in [-0.3, -0.25) is 0 Å². The number of anilines is 2. The van der Waals surface area contributed by atoms with Crippen LogP contribution in [0.4, 0.5) is 11.6 Å². The maximum absolute atomic E-state index is 5.62. The average molecular weight is 266 g/mol. The summed E-state index contributed by atoms with van der Waals surface area (Å²) in [5, 5.41) is 3.06. The van der Waals surface area contributed by atoms with Crippen LogP contribution >= 0.6 is 0 Å². The van der Waals surface area contributed by atoms with Gasteiger partial charge in [-0.05, 0) is 13.3 Å². The Morgan fingerprint density at radius 3 is 2.89 bits per heavy atom. The van der Waals surface area contributed by atoms with E-state index in [0.717, 1.165) is 24.7 Å². The highest BCUT2D eigenvalue weighted by atomic mass is 16.5. The summed E-state index contributed by atoms with van der Waals surface area (Å²) in [6.07, 6.45) is 1.25. The lowest BCUT2D eigenvalue weighted by molar-refractivity contribution is 0.118. The number of aromatic nitrogens is 2. The zero-order chi connectivity index (χ0) is 13.8. The van der Waals surface area contributed by atoms with Gasteiger partial charge in [0.2, 0.25) is 0 Å². The Morgan fingerprint density at radius 2 is 2.32 bits per heavy atom. The van der Waals surface area contributed by atoms with Gasteiger partial charge < -0.3 is 19.7 Å². The van der Waals surface area contributed by atoms with Gasteiger partial charge in [-0.2, -0.15) is 0 Å². The van der Waals surface area contributed by atoms with Crippen molar-refractivity contribution in [1.29, 1.82) is 0 Å². The van der Waals surface area contributed by atoms with Crippen molar-refractivity contribution >= 4 is 11.6 Å². The fourth-order valence-electron chi connectivity index (χ4n) is 2.38. The van der Waals surface area contributed by atoms with E-state index in [9.17, 15) is 0 Å². The first-order chi connectivity index (χ1) is 9.15. The highest BCUT2D eigenvalue weighted by Gasteiger charge is 2.29. The van der Waals surface area contributed by atoms with Crippen molar-refractivity contribution in [2.45, 2.75) is 32.1 Å². The standard InChI is InChI=1S/C13H22N4O2/c1-9-10(5-6-19-9)17(3)13-7-11(14-2)15-12(16-13)8-18-4/h7,9-10H,5-6,8H2,1-4H3,(H,14,15,16). The van der Waals surface area contributed by atoms with Crippen molar-refractivity contribution in [2.75, 3.05) is 38.0 Å². The molecule has 1 aliphatic rings. The molecule has 0 amide bonds. The summed E-state index contributed by atoms with van der Waals surface area (Å²) in [4.78, 5) is 11.1. The van der Waals surface area contributed by atoms with Gasteiger partial charge in [-0.15, -0.1) is 0 Å². The minimum Gasteiger partial charge on any atom is -0.377 e. The fourth-order valence-corrected chi connectivity index (χ4v) is 2.38. The number of ether oxygens (including phenoxy) is 2. The lowest BCUT2D eigenvalue weighted by Gasteiger charge is -2.28. The molecule has 0 radical (unpaired) electrons. The average Bonchev–Trinajstić information content (AvgIpc) is 2.84. The number of nitrogens with zero attached hydrogens (tertiary/aromatic N) is 3. The van der Waals surface area contributed by atoms with E-state index < -0.39 is 0 Å². The first-order valence-corrected chi connectivity index (χ1v) is 6.54. The van der Waals surface area contributed by atoms with Crippen LogP contribution in [0.5, 0.6) is 0 Å². The number of hydrogen-bond donors (Lipinski definition) is 1. The van der Waals surface area contributed by atoms with E-state index in [-0.39, 0.29) is 6.10 Å². The topological polar surface area (TPSA) is 59.5 Å².